The van der Waals surface area contributed by atoms with Crippen molar-refractivity contribution in [2.24, 2.45) is 0 Å². The molecule has 5 nitrogen and oxygen atoms in total. The third kappa shape index (κ3) is 1.93. The molecule has 18 heavy (non-hydrogen) atoms. The van der Waals surface area contributed by atoms with Gasteiger partial charge in [0.1, 0.15) is 18.0 Å². The molecule has 0 aliphatic heterocycles. The number of hydrogen-bond donors (Lipinski definition) is 2. The van der Waals surface area contributed by atoms with Gasteiger partial charge in [0.05, 0.1) is 11.7 Å². The van der Waals surface area contributed by atoms with Crippen LogP contribution in [0.1, 0.15) is 0 Å². The lowest BCUT2D eigenvalue weighted by Gasteiger charge is -2.08. The van der Waals surface area contributed by atoms with Crippen LogP contribution in [0, 0.1) is 0 Å². The Labute approximate surface area is 104 Å². The third-order valence-electron chi connectivity index (χ3n) is 2.58. The summed E-state index contributed by atoms with van der Waals surface area (Å²) in [5.74, 6) is 1.17. The van der Waals surface area contributed by atoms with Crippen molar-refractivity contribution in [2.75, 3.05) is 11.1 Å². The number of pyridine rings is 1. The maximum Gasteiger partial charge on any atom is 0.141 e. The second-order valence-electron chi connectivity index (χ2n) is 3.84. The number of rotatable bonds is 2. The van der Waals surface area contributed by atoms with E-state index in [1.165, 1.54) is 6.33 Å². The van der Waals surface area contributed by atoms with Crippen molar-refractivity contribution in [2.45, 2.75) is 0 Å². The number of anilines is 3. The van der Waals surface area contributed by atoms with Gasteiger partial charge in [0.2, 0.25) is 0 Å². The highest BCUT2D eigenvalue weighted by molar-refractivity contribution is 5.91. The smallest absolute Gasteiger partial charge is 0.141 e. The fourth-order valence-electron chi connectivity index (χ4n) is 1.73. The lowest BCUT2D eigenvalue weighted by Crippen LogP contribution is -1.97. The normalized spacial score (nSPS) is 10.4. The van der Waals surface area contributed by atoms with E-state index in [1.54, 1.807) is 12.3 Å². The predicted molar refractivity (Wildman–Crippen MR) is 71.5 cm³/mol. The zero-order valence-electron chi connectivity index (χ0n) is 9.54. The minimum atomic E-state index is 0.452. The van der Waals surface area contributed by atoms with Crippen LogP contribution in [-0.2, 0) is 0 Å². The second kappa shape index (κ2) is 4.29. The Morgan fingerprint density at radius 2 is 1.83 bits per heavy atom. The van der Waals surface area contributed by atoms with Gasteiger partial charge in [-0.2, -0.15) is 0 Å². The minimum Gasteiger partial charge on any atom is -0.384 e. The summed E-state index contributed by atoms with van der Waals surface area (Å²) >= 11 is 0. The fraction of sp³-hybridized carbons (Fsp3) is 0. The van der Waals surface area contributed by atoms with Gasteiger partial charge in [-0.25, -0.2) is 15.0 Å². The van der Waals surface area contributed by atoms with E-state index in [4.69, 9.17) is 5.73 Å². The summed E-state index contributed by atoms with van der Waals surface area (Å²) in [7, 11) is 0. The molecule has 0 fully saturated rings. The van der Waals surface area contributed by atoms with Gasteiger partial charge in [0.15, 0.2) is 0 Å². The van der Waals surface area contributed by atoms with E-state index in [0.29, 0.717) is 5.82 Å². The molecule has 88 valence electrons. The molecule has 3 rings (SSSR count). The molecular formula is C13H11N5. The molecule has 0 atom stereocenters. The quantitative estimate of drug-likeness (QED) is 0.715. The summed E-state index contributed by atoms with van der Waals surface area (Å²) in [5.41, 5.74) is 7.42. The number of benzene rings is 1. The van der Waals surface area contributed by atoms with E-state index in [0.717, 1.165) is 22.4 Å². The van der Waals surface area contributed by atoms with E-state index >= 15 is 0 Å². The molecule has 0 amide bonds. The van der Waals surface area contributed by atoms with Gasteiger partial charge >= 0.3 is 0 Å². The number of fused-ring (bicyclic) bond motifs is 1. The molecule has 0 saturated carbocycles. The summed E-state index contributed by atoms with van der Waals surface area (Å²) in [6.07, 6.45) is 3.15. The average molecular weight is 237 g/mol. The lowest BCUT2D eigenvalue weighted by atomic mass is 10.2. The van der Waals surface area contributed by atoms with E-state index < -0.39 is 0 Å². The molecule has 2 heterocycles. The van der Waals surface area contributed by atoms with Gasteiger partial charge in [-0.05, 0) is 18.2 Å². The summed E-state index contributed by atoms with van der Waals surface area (Å²) in [6.45, 7) is 0. The van der Waals surface area contributed by atoms with Gasteiger partial charge in [0, 0.05) is 11.1 Å². The van der Waals surface area contributed by atoms with Gasteiger partial charge in [0.25, 0.3) is 0 Å². The highest BCUT2D eigenvalue weighted by Gasteiger charge is 2.04. The molecule has 1 aromatic carbocycles. The van der Waals surface area contributed by atoms with Crippen LogP contribution in [0.15, 0.2) is 48.9 Å². The van der Waals surface area contributed by atoms with E-state index in [-0.39, 0.29) is 0 Å². The maximum absolute atomic E-state index is 5.69. The topological polar surface area (TPSA) is 76.7 Å². The minimum absolute atomic E-state index is 0.452. The Balaban J connectivity index is 2.09. The first-order chi connectivity index (χ1) is 8.83. The van der Waals surface area contributed by atoms with Crippen LogP contribution in [0.4, 0.5) is 17.3 Å². The molecule has 0 spiro atoms. The van der Waals surface area contributed by atoms with Crippen molar-refractivity contribution >= 4 is 28.2 Å². The van der Waals surface area contributed by atoms with Gasteiger partial charge in [-0.15, -0.1) is 0 Å². The lowest BCUT2D eigenvalue weighted by molar-refractivity contribution is 1.20. The summed E-state index contributed by atoms with van der Waals surface area (Å²) < 4.78 is 0. The Hall–Kier alpha value is -2.69. The summed E-state index contributed by atoms with van der Waals surface area (Å²) in [5, 5.41) is 4.10. The Morgan fingerprint density at radius 3 is 2.67 bits per heavy atom. The van der Waals surface area contributed by atoms with Crippen LogP contribution < -0.4 is 11.1 Å². The standard InChI is InChI=1S/C13H11N5/c14-12-6-10-11(7-15-12)16-8-17-13(10)18-9-4-2-1-3-5-9/h1-8H,(H2,14,15)(H,16,17,18). The van der Waals surface area contributed by atoms with Crippen LogP contribution in [-0.4, -0.2) is 15.0 Å². The molecule has 0 aliphatic rings. The van der Waals surface area contributed by atoms with Crippen molar-refractivity contribution in [1.82, 2.24) is 15.0 Å². The van der Waals surface area contributed by atoms with Gasteiger partial charge in [-0.1, -0.05) is 18.2 Å². The second-order valence-corrected chi connectivity index (χ2v) is 3.84. The molecule has 3 N–H and O–H groups in total. The average Bonchev–Trinajstić information content (AvgIpc) is 2.41. The highest BCUT2D eigenvalue weighted by atomic mass is 15.0. The van der Waals surface area contributed by atoms with Crippen LogP contribution in [0.2, 0.25) is 0 Å². The molecule has 0 saturated heterocycles. The molecule has 2 aromatic heterocycles. The highest BCUT2D eigenvalue weighted by Crippen LogP contribution is 2.23. The first-order valence-corrected chi connectivity index (χ1v) is 5.51. The summed E-state index contributed by atoms with van der Waals surface area (Å²) in [6, 6.07) is 11.6. The monoisotopic (exact) mass is 237 g/mol. The van der Waals surface area contributed by atoms with E-state index in [9.17, 15) is 0 Å². The number of nitrogen functional groups attached to an aromatic ring is 1. The predicted octanol–water partition coefficient (Wildman–Crippen LogP) is 2.35. The number of aromatic nitrogens is 3. The SMILES string of the molecule is Nc1cc2c(Nc3ccccc3)ncnc2cn1. The Bertz CT molecular complexity index is 681. The molecule has 0 aliphatic carbocycles. The summed E-state index contributed by atoms with van der Waals surface area (Å²) in [4.78, 5) is 12.4. The van der Waals surface area contributed by atoms with Crippen molar-refractivity contribution in [3.8, 4) is 0 Å². The molecule has 0 radical (unpaired) electrons. The largest absolute Gasteiger partial charge is 0.384 e. The number of hydrogen-bond acceptors (Lipinski definition) is 5. The number of nitrogens with two attached hydrogens (primary N) is 1. The third-order valence-corrected chi connectivity index (χ3v) is 2.58. The maximum atomic E-state index is 5.69. The number of nitrogens with zero attached hydrogens (tertiary/aromatic N) is 3. The molecular weight excluding hydrogens is 226 g/mol. The van der Waals surface area contributed by atoms with E-state index in [2.05, 4.69) is 20.3 Å². The van der Waals surface area contributed by atoms with Crippen LogP contribution in [0.5, 0.6) is 0 Å². The number of para-hydroxylation sites is 1. The van der Waals surface area contributed by atoms with Crippen LogP contribution >= 0.6 is 0 Å². The molecule has 5 heteroatoms. The van der Waals surface area contributed by atoms with E-state index in [1.807, 2.05) is 30.3 Å². The molecule has 0 bridgehead atoms. The molecule has 0 unspecified atom stereocenters. The van der Waals surface area contributed by atoms with Crippen LogP contribution in [0.3, 0.4) is 0 Å². The fourth-order valence-corrected chi connectivity index (χ4v) is 1.73. The number of nitrogens with one attached hydrogen (secondary N) is 1. The zero-order valence-corrected chi connectivity index (χ0v) is 9.54. The van der Waals surface area contributed by atoms with Crippen molar-refractivity contribution < 1.29 is 0 Å². The zero-order chi connectivity index (χ0) is 12.4. The molecule has 3 aromatic rings. The first kappa shape index (κ1) is 10.5. The Kier molecular flexibility index (Phi) is 2.49. The first-order valence-electron chi connectivity index (χ1n) is 5.51. The van der Waals surface area contributed by atoms with Crippen molar-refractivity contribution in [3.63, 3.8) is 0 Å². The van der Waals surface area contributed by atoms with Crippen LogP contribution in [0.25, 0.3) is 10.9 Å². The van der Waals surface area contributed by atoms with Gasteiger partial charge < -0.3 is 11.1 Å². The van der Waals surface area contributed by atoms with Crippen molar-refractivity contribution in [1.29, 1.82) is 0 Å². The van der Waals surface area contributed by atoms with Gasteiger partial charge in [-0.3, -0.25) is 0 Å². The Morgan fingerprint density at radius 1 is 1.00 bits per heavy atom. The van der Waals surface area contributed by atoms with Crippen molar-refractivity contribution in [3.05, 3.63) is 48.9 Å².